The standard InChI is InChI=1S/C16H11FINO/c1-20-16-7-6-11(9-15(16)18)8-12(10-19)13-4-2-3-5-14(13)17/h2-9H,1H3. The summed E-state index contributed by atoms with van der Waals surface area (Å²) < 4.78 is 19.8. The summed E-state index contributed by atoms with van der Waals surface area (Å²) in [6.07, 6.45) is 1.67. The smallest absolute Gasteiger partial charge is 0.132 e. The second-order valence-electron chi connectivity index (χ2n) is 4.04. The Kier molecular flexibility index (Phi) is 4.74. The van der Waals surface area contributed by atoms with Crippen molar-refractivity contribution >= 4 is 34.2 Å². The van der Waals surface area contributed by atoms with E-state index in [1.807, 2.05) is 24.3 Å². The summed E-state index contributed by atoms with van der Waals surface area (Å²) in [6, 6.07) is 13.8. The van der Waals surface area contributed by atoms with Crippen LogP contribution in [0.3, 0.4) is 0 Å². The van der Waals surface area contributed by atoms with E-state index in [0.717, 1.165) is 14.9 Å². The van der Waals surface area contributed by atoms with Gasteiger partial charge in [0.1, 0.15) is 11.6 Å². The molecule has 4 heteroatoms. The summed E-state index contributed by atoms with van der Waals surface area (Å²) in [6.45, 7) is 0. The van der Waals surface area contributed by atoms with Crippen LogP contribution in [0.2, 0.25) is 0 Å². The minimum atomic E-state index is -0.400. The number of nitriles is 1. The molecule has 0 unspecified atom stereocenters. The van der Waals surface area contributed by atoms with Crippen molar-refractivity contribution in [2.24, 2.45) is 0 Å². The van der Waals surface area contributed by atoms with E-state index in [1.54, 1.807) is 31.4 Å². The van der Waals surface area contributed by atoms with Gasteiger partial charge in [0.2, 0.25) is 0 Å². The molecule has 0 radical (unpaired) electrons. The van der Waals surface area contributed by atoms with Crippen LogP contribution in [0.1, 0.15) is 11.1 Å². The van der Waals surface area contributed by atoms with Gasteiger partial charge in [-0.05, 0) is 52.4 Å². The SMILES string of the molecule is COc1ccc(C=C(C#N)c2ccccc2F)cc1I. The first kappa shape index (κ1) is 14.5. The van der Waals surface area contributed by atoms with Crippen LogP contribution in [-0.2, 0) is 0 Å². The molecule has 20 heavy (non-hydrogen) atoms. The van der Waals surface area contributed by atoms with Crippen LogP contribution < -0.4 is 4.74 Å². The van der Waals surface area contributed by atoms with E-state index >= 15 is 0 Å². The summed E-state index contributed by atoms with van der Waals surface area (Å²) >= 11 is 2.16. The number of allylic oxidation sites excluding steroid dienone is 1. The van der Waals surface area contributed by atoms with Crippen LogP contribution in [0.25, 0.3) is 11.6 Å². The summed E-state index contributed by atoms with van der Waals surface area (Å²) in [5, 5.41) is 9.22. The van der Waals surface area contributed by atoms with Crippen molar-refractivity contribution in [2.75, 3.05) is 7.11 Å². The molecule has 0 aromatic heterocycles. The van der Waals surface area contributed by atoms with Gasteiger partial charge in [0.05, 0.1) is 22.3 Å². The third-order valence-electron chi connectivity index (χ3n) is 2.77. The zero-order valence-electron chi connectivity index (χ0n) is 10.7. The van der Waals surface area contributed by atoms with E-state index in [1.165, 1.54) is 6.07 Å². The number of ether oxygens (including phenoxy) is 1. The maximum atomic E-state index is 13.7. The lowest BCUT2D eigenvalue weighted by atomic mass is 10.0. The molecular formula is C16H11FINO. The Balaban J connectivity index is 2.45. The fourth-order valence-corrected chi connectivity index (χ4v) is 2.55. The van der Waals surface area contributed by atoms with Crippen LogP contribution in [0.15, 0.2) is 42.5 Å². The topological polar surface area (TPSA) is 33.0 Å². The summed E-state index contributed by atoms with van der Waals surface area (Å²) in [5.74, 6) is 0.371. The normalized spacial score (nSPS) is 11.0. The first-order valence-corrected chi connectivity index (χ1v) is 6.94. The van der Waals surface area contributed by atoms with E-state index in [0.29, 0.717) is 11.1 Å². The largest absolute Gasteiger partial charge is 0.496 e. The maximum absolute atomic E-state index is 13.7. The number of methoxy groups -OCH3 is 1. The lowest BCUT2D eigenvalue weighted by molar-refractivity contribution is 0.412. The van der Waals surface area contributed by atoms with Gasteiger partial charge in [0, 0.05) is 5.56 Å². The first-order chi connectivity index (χ1) is 9.65. The number of halogens is 2. The molecule has 2 rings (SSSR count). The Morgan fingerprint density at radius 1 is 1.30 bits per heavy atom. The number of nitrogens with zero attached hydrogens (tertiary/aromatic N) is 1. The predicted octanol–water partition coefficient (Wildman–Crippen LogP) is 4.50. The molecule has 0 amide bonds. The molecule has 2 aromatic rings. The molecule has 0 aliphatic carbocycles. The van der Waals surface area contributed by atoms with Crippen molar-refractivity contribution in [3.05, 3.63) is 63.0 Å². The molecule has 0 aliphatic rings. The fraction of sp³-hybridized carbons (Fsp3) is 0.0625. The first-order valence-electron chi connectivity index (χ1n) is 5.86. The zero-order chi connectivity index (χ0) is 14.5. The van der Waals surface area contributed by atoms with E-state index in [-0.39, 0.29) is 0 Å². The number of rotatable bonds is 3. The molecule has 0 heterocycles. The minimum Gasteiger partial charge on any atom is -0.496 e. The highest BCUT2D eigenvalue weighted by Gasteiger charge is 2.07. The lowest BCUT2D eigenvalue weighted by Gasteiger charge is -2.05. The molecule has 100 valence electrons. The summed E-state index contributed by atoms with van der Waals surface area (Å²) in [4.78, 5) is 0. The van der Waals surface area contributed by atoms with E-state index in [4.69, 9.17) is 4.74 Å². The van der Waals surface area contributed by atoms with Crippen molar-refractivity contribution in [3.8, 4) is 11.8 Å². The van der Waals surface area contributed by atoms with Gasteiger partial charge in [-0.1, -0.05) is 24.3 Å². The molecule has 0 saturated carbocycles. The second-order valence-corrected chi connectivity index (χ2v) is 5.21. The van der Waals surface area contributed by atoms with Crippen molar-refractivity contribution in [1.29, 1.82) is 5.26 Å². The average Bonchev–Trinajstić information content (AvgIpc) is 2.46. The Morgan fingerprint density at radius 3 is 2.65 bits per heavy atom. The molecule has 2 nitrogen and oxygen atoms in total. The number of benzene rings is 2. The van der Waals surface area contributed by atoms with Gasteiger partial charge in [0.15, 0.2) is 0 Å². The summed E-state index contributed by atoms with van der Waals surface area (Å²) in [7, 11) is 1.60. The van der Waals surface area contributed by atoms with Crippen LogP contribution in [0, 0.1) is 20.7 Å². The highest BCUT2D eigenvalue weighted by molar-refractivity contribution is 14.1. The van der Waals surface area contributed by atoms with Gasteiger partial charge in [0.25, 0.3) is 0 Å². The Labute approximate surface area is 130 Å². The molecular weight excluding hydrogens is 368 g/mol. The zero-order valence-corrected chi connectivity index (χ0v) is 12.9. The van der Waals surface area contributed by atoms with Crippen molar-refractivity contribution < 1.29 is 9.13 Å². The Morgan fingerprint density at radius 2 is 2.05 bits per heavy atom. The van der Waals surface area contributed by atoms with Crippen molar-refractivity contribution in [2.45, 2.75) is 0 Å². The number of hydrogen-bond acceptors (Lipinski definition) is 2. The number of hydrogen-bond donors (Lipinski definition) is 0. The summed E-state index contributed by atoms with van der Waals surface area (Å²) in [5.41, 5.74) is 1.43. The molecule has 2 aromatic carbocycles. The van der Waals surface area contributed by atoms with Gasteiger partial charge in [-0.25, -0.2) is 4.39 Å². The average molecular weight is 379 g/mol. The minimum absolute atomic E-state index is 0.295. The molecule has 0 fully saturated rings. The second kappa shape index (κ2) is 6.53. The quantitative estimate of drug-likeness (QED) is 0.447. The molecule has 0 bridgehead atoms. The third kappa shape index (κ3) is 3.17. The highest BCUT2D eigenvalue weighted by atomic mass is 127. The molecule has 0 aliphatic heterocycles. The van der Waals surface area contributed by atoms with Gasteiger partial charge in [-0.3, -0.25) is 0 Å². The van der Waals surface area contributed by atoms with E-state index < -0.39 is 5.82 Å². The molecule has 0 N–H and O–H groups in total. The molecule has 0 spiro atoms. The maximum Gasteiger partial charge on any atom is 0.132 e. The van der Waals surface area contributed by atoms with Crippen LogP contribution in [-0.4, -0.2) is 7.11 Å². The van der Waals surface area contributed by atoms with E-state index in [9.17, 15) is 9.65 Å². The van der Waals surface area contributed by atoms with Crippen molar-refractivity contribution in [1.82, 2.24) is 0 Å². The van der Waals surface area contributed by atoms with Crippen LogP contribution >= 0.6 is 22.6 Å². The van der Waals surface area contributed by atoms with E-state index in [2.05, 4.69) is 22.6 Å². The third-order valence-corrected chi connectivity index (χ3v) is 3.61. The molecule has 0 atom stereocenters. The van der Waals surface area contributed by atoms with Gasteiger partial charge in [-0.2, -0.15) is 5.26 Å². The highest BCUT2D eigenvalue weighted by Crippen LogP contribution is 2.25. The van der Waals surface area contributed by atoms with Crippen molar-refractivity contribution in [3.63, 3.8) is 0 Å². The Hall–Kier alpha value is -1.87. The van der Waals surface area contributed by atoms with Gasteiger partial charge >= 0.3 is 0 Å². The predicted molar refractivity (Wildman–Crippen MR) is 85.6 cm³/mol. The fourth-order valence-electron chi connectivity index (χ4n) is 1.79. The van der Waals surface area contributed by atoms with Crippen LogP contribution in [0.4, 0.5) is 4.39 Å². The molecule has 0 saturated heterocycles. The van der Waals surface area contributed by atoms with Gasteiger partial charge in [-0.15, -0.1) is 0 Å². The monoisotopic (exact) mass is 379 g/mol. The van der Waals surface area contributed by atoms with Gasteiger partial charge < -0.3 is 4.74 Å². The Bertz CT molecular complexity index is 704. The lowest BCUT2D eigenvalue weighted by Crippen LogP contribution is -1.89. The van der Waals surface area contributed by atoms with Crippen LogP contribution in [0.5, 0.6) is 5.75 Å².